The minimum absolute atomic E-state index is 0.234. The van der Waals surface area contributed by atoms with Gasteiger partial charge in [-0.3, -0.25) is 0 Å². The molecule has 108 valence electrons. The summed E-state index contributed by atoms with van der Waals surface area (Å²) in [6, 6.07) is 6.11. The molecule has 0 amide bonds. The first-order valence-electron chi connectivity index (χ1n) is 7.49. The van der Waals surface area contributed by atoms with E-state index in [1.165, 1.54) is 24.8 Å². The molecule has 3 aliphatic rings. The summed E-state index contributed by atoms with van der Waals surface area (Å²) in [7, 11) is 0. The highest BCUT2D eigenvalue weighted by molar-refractivity contribution is 6.42. The Morgan fingerprint density at radius 2 is 2.10 bits per heavy atom. The highest BCUT2D eigenvalue weighted by atomic mass is 35.5. The smallest absolute Gasteiger partial charge is 0.0595 e. The highest BCUT2D eigenvalue weighted by Gasteiger charge is 2.67. The molecule has 1 N–H and O–H groups in total. The number of halogens is 2. The van der Waals surface area contributed by atoms with Crippen molar-refractivity contribution in [3.8, 4) is 0 Å². The second-order valence-electron chi connectivity index (χ2n) is 6.40. The van der Waals surface area contributed by atoms with Gasteiger partial charge in [-0.1, -0.05) is 29.3 Å². The zero-order chi connectivity index (χ0) is 13.7. The monoisotopic (exact) mass is 311 g/mol. The normalized spacial score (nSPS) is 35.7. The van der Waals surface area contributed by atoms with Crippen molar-refractivity contribution in [1.29, 1.82) is 0 Å². The first kappa shape index (κ1) is 13.4. The Kier molecular flexibility index (Phi) is 3.26. The maximum Gasteiger partial charge on any atom is 0.0595 e. The van der Waals surface area contributed by atoms with E-state index in [9.17, 15) is 0 Å². The standard InChI is InChI=1S/C16H19Cl2NO/c17-14-5-4-10(6-15(14)18)16-9-19-7-12(16)13(16)8-20-11-2-1-3-11/h4-6,11-13,19H,1-3,7-9H2/t12-,13-,16?/m1/s1. The molecular weight excluding hydrogens is 293 g/mol. The van der Waals surface area contributed by atoms with Crippen LogP contribution in [0.4, 0.5) is 0 Å². The zero-order valence-electron chi connectivity index (χ0n) is 11.4. The third kappa shape index (κ3) is 1.93. The Morgan fingerprint density at radius 1 is 1.25 bits per heavy atom. The van der Waals surface area contributed by atoms with Crippen LogP contribution in [-0.2, 0) is 10.2 Å². The molecule has 2 aliphatic carbocycles. The summed E-state index contributed by atoms with van der Waals surface area (Å²) in [6.07, 6.45) is 4.35. The number of rotatable bonds is 4. The van der Waals surface area contributed by atoms with E-state index in [1.54, 1.807) is 0 Å². The van der Waals surface area contributed by atoms with Gasteiger partial charge in [0.25, 0.3) is 0 Å². The minimum Gasteiger partial charge on any atom is -0.378 e. The van der Waals surface area contributed by atoms with E-state index in [-0.39, 0.29) is 5.41 Å². The van der Waals surface area contributed by atoms with Gasteiger partial charge in [-0.25, -0.2) is 0 Å². The van der Waals surface area contributed by atoms with Gasteiger partial charge in [-0.2, -0.15) is 0 Å². The summed E-state index contributed by atoms with van der Waals surface area (Å²) in [5.41, 5.74) is 1.56. The van der Waals surface area contributed by atoms with E-state index < -0.39 is 0 Å². The summed E-state index contributed by atoms with van der Waals surface area (Å²) in [5, 5.41) is 4.81. The van der Waals surface area contributed by atoms with Gasteiger partial charge in [0, 0.05) is 12.0 Å². The number of piperidine rings is 1. The molecule has 0 bridgehead atoms. The van der Waals surface area contributed by atoms with Crippen LogP contribution in [0.25, 0.3) is 0 Å². The van der Waals surface area contributed by atoms with Gasteiger partial charge in [0.05, 0.1) is 22.8 Å². The third-order valence-electron chi connectivity index (χ3n) is 5.50. The first-order valence-corrected chi connectivity index (χ1v) is 8.25. The molecule has 1 aliphatic heterocycles. The number of nitrogens with one attached hydrogen (secondary N) is 1. The quantitative estimate of drug-likeness (QED) is 0.916. The van der Waals surface area contributed by atoms with Crippen molar-refractivity contribution >= 4 is 23.2 Å². The van der Waals surface area contributed by atoms with Crippen molar-refractivity contribution < 1.29 is 4.74 Å². The maximum absolute atomic E-state index is 6.20. The van der Waals surface area contributed by atoms with Gasteiger partial charge < -0.3 is 10.1 Å². The lowest BCUT2D eigenvalue weighted by Gasteiger charge is -2.26. The third-order valence-corrected chi connectivity index (χ3v) is 6.24. The van der Waals surface area contributed by atoms with Crippen molar-refractivity contribution in [3.63, 3.8) is 0 Å². The zero-order valence-corrected chi connectivity index (χ0v) is 12.9. The van der Waals surface area contributed by atoms with Crippen LogP contribution >= 0.6 is 23.2 Å². The van der Waals surface area contributed by atoms with E-state index in [4.69, 9.17) is 27.9 Å². The van der Waals surface area contributed by atoms with Crippen LogP contribution in [0.1, 0.15) is 24.8 Å². The van der Waals surface area contributed by atoms with Gasteiger partial charge in [-0.15, -0.1) is 0 Å². The van der Waals surface area contributed by atoms with Crippen LogP contribution in [0.15, 0.2) is 18.2 Å². The fourth-order valence-electron chi connectivity index (χ4n) is 3.98. The summed E-state index contributed by atoms with van der Waals surface area (Å²) in [6.45, 7) is 3.03. The molecule has 2 saturated carbocycles. The lowest BCUT2D eigenvalue weighted by molar-refractivity contribution is -0.00759. The first-order chi connectivity index (χ1) is 9.72. The van der Waals surface area contributed by atoms with E-state index in [2.05, 4.69) is 11.4 Å². The predicted octanol–water partition coefficient (Wildman–Crippen LogP) is 3.65. The summed E-state index contributed by atoms with van der Waals surface area (Å²) < 4.78 is 6.05. The molecule has 2 nitrogen and oxygen atoms in total. The second kappa shape index (κ2) is 4.88. The Bertz CT molecular complexity index is 531. The molecule has 4 heteroatoms. The largest absolute Gasteiger partial charge is 0.378 e. The number of hydrogen-bond acceptors (Lipinski definition) is 2. The van der Waals surface area contributed by atoms with Crippen LogP contribution in [0.2, 0.25) is 10.0 Å². The molecule has 1 aromatic rings. The van der Waals surface area contributed by atoms with E-state index >= 15 is 0 Å². The Hall–Kier alpha value is -0.280. The van der Waals surface area contributed by atoms with Gasteiger partial charge >= 0.3 is 0 Å². The Balaban J connectivity index is 1.53. The Labute approximate surface area is 129 Å². The van der Waals surface area contributed by atoms with Crippen molar-refractivity contribution in [1.82, 2.24) is 5.32 Å². The van der Waals surface area contributed by atoms with Crippen LogP contribution in [-0.4, -0.2) is 25.8 Å². The van der Waals surface area contributed by atoms with Crippen molar-refractivity contribution in [2.75, 3.05) is 19.7 Å². The number of ether oxygens (including phenoxy) is 1. The van der Waals surface area contributed by atoms with Crippen LogP contribution in [0, 0.1) is 11.8 Å². The van der Waals surface area contributed by atoms with Crippen molar-refractivity contribution in [3.05, 3.63) is 33.8 Å². The van der Waals surface area contributed by atoms with E-state index in [1.807, 2.05) is 12.1 Å². The summed E-state index contributed by atoms with van der Waals surface area (Å²) >= 11 is 12.2. The summed E-state index contributed by atoms with van der Waals surface area (Å²) in [4.78, 5) is 0. The average molecular weight is 312 g/mol. The minimum atomic E-state index is 0.234. The predicted molar refractivity (Wildman–Crippen MR) is 81.6 cm³/mol. The molecule has 0 aromatic heterocycles. The molecule has 20 heavy (non-hydrogen) atoms. The van der Waals surface area contributed by atoms with Gasteiger partial charge in [0.15, 0.2) is 0 Å². The van der Waals surface area contributed by atoms with E-state index in [0.717, 1.165) is 19.7 Å². The number of fused-ring (bicyclic) bond motifs is 1. The molecule has 1 saturated heterocycles. The molecule has 3 fully saturated rings. The maximum atomic E-state index is 6.20. The van der Waals surface area contributed by atoms with Crippen molar-refractivity contribution in [2.24, 2.45) is 11.8 Å². The summed E-state index contributed by atoms with van der Waals surface area (Å²) in [5.74, 6) is 1.33. The number of benzene rings is 1. The van der Waals surface area contributed by atoms with Crippen LogP contribution in [0.5, 0.6) is 0 Å². The molecule has 1 heterocycles. The van der Waals surface area contributed by atoms with Gasteiger partial charge in [0.1, 0.15) is 0 Å². The lowest BCUT2D eigenvalue weighted by Crippen LogP contribution is -2.28. The van der Waals surface area contributed by atoms with Gasteiger partial charge in [-0.05, 0) is 55.3 Å². The SMILES string of the molecule is Clc1ccc(C23CNC[C@@H]2[C@H]3COC2CCC2)cc1Cl. The Morgan fingerprint density at radius 3 is 2.80 bits per heavy atom. The highest BCUT2D eigenvalue weighted by Crippen LogP contribution is 2.62. The topological polar surface area (TPSA) is 21.3 Å². The van der Waals surface area contributed by atoms with Crippen LogP contribution in [0.3, 0.4) is 0 Å². The molecule has 3 atom stereocenters. The molecule has 0 spiro atoms. The lowest BCUT2D eigenvalue weighted by atomic mass is 9.93. The molecule has 1 unspecified atom stereocenters. The van der Waals surface area contributed by atoms with Crippen molar-refractivity contribution in [2.45, 2.75) is 30.8 Å². The van der Waals surface area contributed by atoms with Gasteiger partial charge in [0.2, 0.25) is 0 Å². The molecular formula is C16H19Cl2NO. The average Bonchev–Trinajstić information content (AvgIpc) is 2.79. The fourth-order valence-corrected chi connectivity index (χ4v) is 4.28. The molecule has 4 rings (SSSR count). The van der Waals surface area contributed by atoms with Crippen LogP contribution < -0.4 is 5.32 Å². The fraction of sp³-hybridized carbons (Fsp3) is 0.625. The van der Waals surface area contributed by atoms with E-state index in [0.29, 0.717) is 28.0 Å². The second-order valence-corrected chi connectivity index (χ2v) is 7.21. The molecule has 0 radical (unpaired) electrons. The number of hydrogen-bond donors (Lipinski definition) is 1. The molecule has 1 aromatic carbocycles.